The van der Waals surface area contributed by atoms with Crippen LogP contribution in [0.2, 0.25) is 0 Å². The Morgan fingerprint density at radius 1 is 1.31 bits per heavy atom. The predicted molar refractivity (Wildman–Crippen MR) is 118 cm³/mol. The van der Waals surface area contributed by atoms with Crippen molar-refractivity contribution in [1.29, 1.82) is 0 Å². The number of aromatic nitrogens is 3. The molecule has 1 amide bonds. The van der Waals surface area contributed by atoms with Gasteiger partial charge >= 0.3 is 5.97 Å². The third-order valence-electron chi connectivity index (χ3n) is 4.36. The van der Waals surface area contributed by atoms with E-state index in [1.807, 2.05) is 37.8 Å². The van der Waals surface area contributed by atoms with Crippen LogP contribution in [0.4, 0.5) is 5.00 Å². The molecular weight excluding hydrogens is 428 g/mol. The van der Waals surface area contributed by atoms with E-state index in [4.69, 9.17) is 4.74 Å². The van der Waals surface area contributed by atoms with Gasteiger partial charge in [0, 0.05) is 27.7 Å². The van der Waals surface area contributed by atoms with Crippen molar-refractivity contribution >= 4 is 51.3 Å². The van der Waals surface area contributed by atoms with E-state index in [2.05, 4.69) is 21.6 Å². The first kappa shape index (κ1) is 21.5. The minimum atomic E-state index is -0.432. The van der Waals surface area contributed by atoms with Gasteiger partial charge in [0.2, 0.25) is 5.91 Å². The summed E-state index contributed by atoms with van der Waals surface area (Å²) in [4.78, 5) is 26.9. The van der Waals surface area contributed by atoms with Crippen LogP contribution in [0.1, 0.15) is 32.6 Å². The average Bonchev–Trinajstić information content (AvgIpc) is 3.36. The smallest absolute Gasteiger partial charge is 0.341 e. The lowest BCUT2D eigenvalue weighted by Gasteiger charge is -2.07. The molecule has 3 aromatic rings. The number of nitrogens with one attached hydrogen (secondary N) is 1. The number of thioether (sulfide) groups is 1. The zero-order valence-corrected chi connectivity index (χ0v) is 19.3. The molecule has 154 valence electrons. The molecule has 0 saturated heterocycles. The van der Waals surface area contributed by atoms with Crippen molar-refractivity contribution in [3.63, 3.8) is 0 Å². The number of carbonyl (C=O) groups excluding carboxylic acids is 2. The van der Waals surface area contributed by atoms with Crippen molar-refractivity contribution < 1.29 is 14.3 Å². The predicted octanol–water partition coefficient (Wildman–Crippen LogP) is 4.30. The van der Waals surface area contributed by atoms with Crippen molar-refractivity contribution in [2.45, 2.75) is 32.3 Å². The highest BCUT2D eigenvalue weighted by Gasteiger charge is 2.23. The molecule has 7 nitrogen and oxygen atoms in total. The maximum absolute atomic E-state index is 12.5. The number of hydrogen-bond acceptors (Lipinski definition) is 8. The Labute approximate surface area is 181 Å². The van der Waals surface area contributed by atoms with Gasteiger partial charge in [0.1, 0.15) is 5.00 Å². The molecule has 0 aliphatic rings. The highest BCUT2D eigenvalue weighted by Crippen LogP contribution is 2.34. The molecule has 3 rings (SSSR count). The Morgan fingerprint density at radius 3 is 2.69 bits per heavy atom. The maximum atomic E-state index is 12.5. The fourth-order valence-corrected chi connectivity index (χ4v) is 5.50. The first-order valence-corrected chi connectivity index (χ1v) is 11.6. The molecule has 0 atom stereocenters. The Hall–Kier alpha value is -2.17. The molecule has 0 bridgehead atoms. The van der Waals surface area contributed by atoms with E-state index < -0.39 is 5.97 Å². The van der Waals surface area contributed by atoms with E-state index in [1.54, 1.807) is 11.3 Å². The Balaban J connectivity index is 1.70. The number of carbonyl (C=O) groups is 2. The molecule has 0 aromatic carbocycles. The molecule has 0 aliphatic carbocycles. The van der Waals surface area contributed by atoms with Crippen LogP contribution >= 0.6 is 34.4 Å². The van der Waals surface area contributed by atoms with Crippen LogP contribution in [0.5, 0.6) is 0 Å². The molecule has 10 heteroatoms. The molecule has 0 saturated carbocycles. The van der Waals surface area contributed by atoms with E-state index in [-0.39, 0.29) is 11.7 Å². The summed E-state index contributed by atoms with van der Waals surface area (Å²) in [6, 6.07) is 2.06. The van der Waals surface area contributed by atoms with Crippen molar-refractivity contribution in [3.05, 3.63) is 32.3 Å². The summed E-state index contributed by atoms with van der Waals surface area (Å²) in [6.07, 6.45) is 0.696. The summed E-state index contributed by atoms with van der Waals surface area (Å²) in [6.45, 7) is 5.96. The normalized spacial score (nSPS) is 10.9. The van der Waals surface area contributed by atoms with E-state index in [1.165, 1.54) is 35.1 Å². The fraction of sp³-hybridized carbons (Fsp3) is 0.368. The quantitative estimate of drug-likeness (QED) is 0.427. The lowest BCUT2D eigenvalue weighted by atomic mass is 10.1. The monoisotopic (exact) mass is 450 g/mol. The molecule has 0 radical (unpaired) electrons. The number of rotatable bonds is 7. The van der Waals surface area contributed by atoms with E-state index >= 15 is 0 Å². The molecule has 0 aliphatic heterocycles. The number of aryl methyl sites for hydroxylation is 2. The van der Waals surface area contributed by atoms with Crippen molar-refractivity contribution in [3.8, 4) is 11.4 Å². The number of anilines is 1. The number of hydrogen-bond donors (Lipinski definition) is 1. The largest absolute Gasteiger partial charge is 0.465 e. The minimum absolute atomic E-state index is 0.160. The molecule has 29 heavy (non-hydrogen) atoms. The minimum Gasteiger partial charge on any atom is -0.465 e. The van der Waals surface area contributed by atoms with Crippen molar-refractivity contribution in [2.75, 3.05) is 18.2 Å². The second kappa shape index (κ2) is 9.10. The van der Waals surface area contributed by atoms with Crippen LogP contribution in [0.25, 0.3) is 11.4 Å². The molecule has 3 heterocycles. The molecule has 3 aromatic heterocycles. The SMILES string of the molecule is CCc1c(C)sc(NC(=O)CSc2nnc(-c3csc(C)c3)n2C)c1C(=O)OC. The first-order valence-electron chi connectivity index (χ1n) is 8.93. The highest BCUT2D eigenvalue weighted by molar-refractivity contribution is 7.99. The zero-order chi connectivity index (χ0) is 21.1. The topological polar surface area (TPSA) is 86.1 Å². The maximum Gasteiger partial charge on any atom is 0.341 e. The van der Waals surface area contributed by atoms with Gasteiger partial charge in [-0.05, 0) is 31.9 Å². The number of esters is 1. The highest BCUT2D eigenvalue weighted by atomic mass is 32.2. The van der Waals surface area contributed by atoms with Crippen LogP contribution in [-0.2, 0) is 23.0 Å². The number of amides is 1. The van der Waals surface area contributed by atoms with Gasteiger partial charge in [0.05, 0.1) is 18.4 Å². The average molecular weight is 451 g/mol. The summed E-state index contributed by atoms with van der Waals surface area (Å²) in [5, 5.41) is 14.5. The van der Waals surface area contributed by atoms with Gasteiger partial charge in [-0.15, -0.1) is 32.9 Å². The van der Waals surface area contributed by atoms with Gasteiger partial charge in [-0.1, -0.05) is 18.7 Å². The number of ether oxygens (including phenoxy) is 1. The Morgan fingerprint density at radius 2 is 2.07 bits per heavy atom. The van der Waals surface area contributed by atoms with Gasteiger partial charge in [-0.3, -0.25) is 4.79 Å². The Bertz CT molecular complexity index is 1050. The van der Waals surface area contributed by atoms with Crippen LogP contribution in [0, 0.1) is 13.8 Å². The Kier molecular flexibility index (Phi) is 6.76. The van der Waals surface area contributed by atoms with Gasteiger partial charge in [-0.2, -0.15) is 0 Å². The van der Waals surface area contributed by atoms with Crippen LogP contribution in [0.15, 0.2) is 16.6 Å². The molecule has 1 N–H and O–H groups in total. The zero-order valence-electron chi connectivity index (χ0n) is 16.9. The van der Waals surface area contributed by atoms with Crippen LogP contribution in [-0.4, -0.2) is 39.5 Å². The van der Waals surface area contributed by atoms with E-state index in [9.17, 15) is 9.59 Å². The van der Waals surface area contributed by atoms with Crippen LogP contribution < -0.4 is 5.32 Å². The van der Waals surface area contributed by atoms with Gasteiger partial charge < -0.3 is 14.6 Å². The summed E-state index contributed by atoms with van der Waals surface area (Å²) in [5.41, 5.74) is 2.38. The van der Waals surface area contributed by atoms with Crippen molar-refractivity contribution in [1.82, 2.24) is 14.8 Å². The summed E-state index contributed by atoms with van der Waals surface area (Å²) < 4.78 is 6.78. The van der Waals surface area contributed by atoms with E-state index in [0.29, 0.717) is 22.1 Å². The van der Waals surface area contributed by atoms with Gasteiger partial charge in [0.15, 0.2) is 11.0 Å². The third kappa shape index (κ3) is 4.54. The lowest BCUT2D eigenvalue weighted by molar-refractivity contribution is -0.113. The molecule has 0 spiro atoms. The van der Waals surface area contributed by atoms with Gasteiger partial charge in [0.25, 0.3) is 0 Å². The summed E-state index contributed by atoms with van der Waals surface area (Å²) in [7, 11) is 3.23. The fourth-order valence-electron chi connectivity index (χ4n) is 2.96. The number of thiophene rings is 2. The first-order chi connectivity index (χ1) is 13.8. The summed E-state index contributed by atoms with van der Waals surface area (Å²) in [5.74, 6) is 0.290. The standard InChI is InChI=1S/C19H22N4O3S3/c1-6-13-11(3)29-17(15(13)18(25)26-5)20-14(24)9-28-19-22-21-16(23(19)4)12-7-10(2)27-8-12/h7-8H,6,9H2,1-5H3,(H,20,24). The lowest BCUT2D eigenvalue weighted by Crippen LogP contribution is -2.16. The second-order valence-corrected chi connectivity index (χ2v) is 9.62. The van der Waals surface area contributed by atoms with E-state index in [0.717, 1.165) is 21.8 Å². The van der Waals surface area contributed by atoms with Crippen LogP contribution in [0.3, 0.4) is 0 Å². The number of methoxy groups -OCH3 is 1. The number of nitrogens with zero attached hydrogens (tertiary/aromatic N) is 3. The molecular formula is C19H22N4O3S3. The van der Waals surface area contributed by atoms with Crippen molar-refractivity contribution in [2.24, 2.45) is 7.05 Å². The summed E-state index contributed by atoms with van der Waals surface area (Å²) >= 11 is 4.35. The second-order valence-electron chi connectivity index (χ2n) is 6.33. The van der Waals surface area contributed by atoms with Gasteiger partial charge in [-0.25, -0.2) is 4.79 Å². The third-order valence-corrected chi connectivity index (χ3v) is 7.31. The molecule has 0 fully saturated rings. The molecule has 0 unspecified atom stereocenters.